The molecule has 0 radical (unpaired) electrons. The predicted molar refractivity (Wildman–Crippen MR) is 80.6 cm³/mol. The molecule has 20 heavy (non-hydrogen) atoms. The Labute approximate surface area is 118 Å². The fourth-order valence-electron chi connectivity index (χ4n) is 1.61. The number of hydrogen-bond donors (Lipinski definition) is 1. The van der Waals surface area contributed by atoms with Crippen LogP contribution in [0.3, 0.4) is 0 Å². The predicted octanol–water partition coefficient (Wildman–Crippen LogP) is 3.64. The van der Waals surface area contributed by atoms with Gasteiger partial charge in [0.25, 0.3) is 0 Å². The zero-order valence-corrected chi connectivity index (χ0v) is 11.2. The molecule has 2 rings (SSSR count). The first-order valence-corrected chi connectivity index (χ1v) is 6.41. The molecule has 0 unspecified atom stereocenters. The van der Waals surface area contributed by atoms with Gasteiger partial charge in [-0.25, -0.2) is 9.79 Å². The van der Waals surface area contributed by atoms with Crippen LogP contribution in [0.25, 0.3) is 0 Å². The smallest absolute Gasteiger partial charge is 0.338 e. The lowest BCUT2D eigenvalue weighted by atomic mass is 10.2. The van der Waals surface area contributed by atoms with Gasteiger partial charge in [-0.1, -0.05) is 18.2 Å². The van der Waals surface area contributed by atoms with Crippen molar-refractivity contribution in [2.75, 3.05) is 11.9 Å². The second-order valence-electron chi connectivity index (χ2n) is 4.04. The summed E-state index contributed by atoms with van der Waals surface area (Å²) in [6.45, 7) is 2.16. The number of benzene rings is 2. The third-order valence-electron chi connectivity index (χ3n) is 2.60. The van der Waals surface area contributed by atoms with Crippen LogP contribution in [0, 0.1) is 0 Å². The largest absolute Gasteiger partial charge is 0.462 e. The van der Waals surface area contributed by atoms with Crippen LogP contribution in [-0.2, 0) is 4.74 Å². The van der Waals surface area contributed by atoms with Gasteiger partial charge in [0.2, 0.25) is 0 Å². The molecule has 2 aromatic carbocycles. The van der Waals surface area contributed by atoms with Crippen LogP contribution in [0.5, 0.6) is 0 Å². The van der Waals surface area contributed by atoms with Crippen LogP contribution in [0.1, 0.15) is 17.3 Å². The summed E-state index contributed by atoms with van der Waals surface area (Å²) in [7, 11) is 0. The third kappa shape index (κ3) is 3.95. The Morgan fingerprint density at radius 2 is 1.85 bits per heavy atom. The van der Waals surface area contributed by atoms with Gasteiger partial charge in [0.05, 0.1) is 24.2 Å². The lowest BCUT2D eigenvalue weighted by Crippen LogP contribution is -2.03. The van der Waals surface area contributed by atoms with Crippen LogP contribution in [0.4, 0.5) is 11.4 Å². The van der Waals surface area contributed by atoms with Crippen LogP contribution in [-0.4, -0.2) is 18.9 Å². The van der Waals surface area contributed by atoms with E-state index in [0.717, 1.165) is 11.4 Å². The maximum Gasteiger partial charge on any atom is 0.338 e. The van der Waals surface area contributed by atoms with E-state index in [2.05, 4.69) is 10.3 Å². The molecule has 4 nitrogen and oxygen atoms in total. The first kappa shape index (κ1) is 13.8. The normalized spacial score (nSPS) is 10.4. The monoisotopic (exact) mass is 268 g/mol. The summed E-state index contributed by atoms with van der Waals surface area (Å²) in [5.41, 5.74) is 2.27. The van der Waals surface area contributed by atoms with Gasteiger partial charge in [-0.2, -0.15) is 0 Å². The van der Waals surface area contributed by atoms with E-state index in [1.807, 2.05) is 30.3 Å². The molecule has 0 bridgehead atoms. The molecule has 2 aromatic rings. The molecular formula is C16H16N2O2. The summed E-state index contributed by atoms with van der Waals surface area (Å²) in [5, 5.41) is 3.07. The molecule has 0 saturated carbocycles. The first-order chi connectivity index (χ1) is 9.79. The third-order valence-corrected chi connectivity index (χ3v) is 2.60. The van der Waals surface area contributed by atoms with Crippen molar-refractivity contribution in [2.24, 2.45) is 4.99 Å². The second kappa shape index (κ2) is 7.09. The van der Waals surface area contributed by atoms with E-state index in [1.54, 1.807) is 37.5 Å². The van der Waals surface area contributed by atoms with Crippen LogP contribution >= 0.6 is 0 Å². The van der Waals surface area contributed by atoms with E-state index in [4.69, 9.17) is 4.74 Å². The minimum absolute atomic E-state index is 0.314. The highest BCUT2D eigenvalue weighted by atomic mass is 16.5. The highest BCUT2D eigenvalue weighted by Gasteiger charge is 2.04. The molecule has 0 heterocycles. The van der Waals surface area contributed by atoms with E-state index < -0.39 is 0 Å². The first-order valence-electron chi connectivity index (χ1n) is 6.41. The van der Waals surface area contributed by atoms with Crippen molar-refractivity contribution in [3.63, 3.8) is 0 Å². The number of nitrogens with zero attached hydrogens (tertiary/aromatic N) is 1. The van der Waals surface area contributed by atoms with Gasteiger partial charge < -0.3 is 10.1 Å². The molecule has 0 spiro atoms. The van der Waals surface area contributed by atoms with Gasteiger partial charge in [0, 0.05) is 5.69 Å². The van der Waals surface area contributed by atoms with E-state index in [-0.39, 0.29) is 5.97 Å². The molecule has 1 N–H and O–H groups in total. The number of para-hydroxylation sites is 1. The fraction of sp³-hybridized carbons (Fsp3) is 0.125. The maximum absolute atomic E-state index is 11.5. The molecule has 0 fully saturated rings. The quantitative estimate of drug-likeness (QED) is 0.511. The molecule has 0 aliphatic heterocycles. The van der Waals surface area contributed by atoms with E-state index in [9.17, 15) is 4.79 Å². The highest BCUT2D eigenvalue weighted by molar-refractivity contribution is 5.89. The van der Waals surface area contributed by atoms with Gasteiger partial charge >= 0.3 is 5.97 Å². The highest BCUT2D eigenvalue weighted by Crippen LogP contribution is 2.13. The van der Waals surface area contributed by atoms with Crippen molar-refractivity contribution in [3.05, 3.63) is 60.2 Å². The number of ether oxygens (including phenoxy) is 1. The second-order valence-corrected chi connectivity index (χ2v) is 4.04. The zero-order valence-electron chi connectivity index (χ0n) is 11.2. The van der Waals surface area contributed by atoms with Crippen LogP contribution in [0.15, 0.2) is 59.6 Å². The number of aliphatic imine (C=N–C) groups is 1. The van der Waals surface area contributed by atoms with Crippen LogP contribution < -0.4 is 5.32 Å². The lowest BCUT2D eigenvalue weighted by Gasteiger charge is -2.02. The fourth-order valence-corrected chi connectivity index (χ4v) is 1.61. The van der Waals surface area contributed by atoms with Crippen molar-refractivity contribution < 1.29 is 9.53 Å². The summed E-state index contributed by atoms with van der Waals surface area (Å²) < 4.78 is 4.92. The van der Waals surface area contributed by atoms with E-state index >= 15 is 0 Å². The maximum atomic E-state index is 11.5. The average molecular weight is 268 g/mol. The van der Waals surface area contributed by atoms with E-state index in [0.29, 0.717) is 12.2 Å². The number of anilines is 1. The molecular weight excluding hydrogens is 252 g/mol. The Morgan fingerprint density at radius 1 is 1.15 bits per heavy atom. The van der Waals surface area contributed by atoms with Gasteiger partial charge in [-0.05, 0) is 43.3 Å². The van der Waals surface area contributed by atoms with Crippen molar-refractivity contribution >= 4 is 23.7 Å². The minimum Gasteiger partial charge on any atom is -0.462 e. The Balaban J connectivity index is 1.95. The van der Waals surface area contributed by atoms with Gasteiger partial charge in [0.1, 0.15) is 0 Å². The SMILES string of the molecule is CCOC(=O)c1ccc(N=CNc2ccccc2)cc1. The molecule has 0 aromatic heterocycles. The molecule has 0 amide bonds. The summed E-state index contributed by atoms with van der Waals surface area (Å²) in [5.74, 6) is -0.314. The summed E-state index contributed by atoms with van der Waals surface area (Å²) in [6, 6.07) is 16.7. The van der Waals surface area contributed by atoms with Gasteiger partial charge in [-0.3, -0.25) is 0 Å². The summed E-state index contributed by atoms with van der Waals surface area (Å²) in [4.78, 5) is 15.7. The number of carbonyl (C=O) groups excluding carboxylic acids is 1. The van der Waals surface area contributed by atoms with Crippen LogP contribution in [0.2, 0.25) is 0 Å². The number of rotatable bonds is 5. The molecule has 4 heteroatoms. The Kier molecular flexibility index (Phi) is 4.89. The topological polar surface area (TPSA) is 50.7 Å². The Bertz CT molecular complexity index is 577. The van der Waals surface area contributed by atoms with E-state index in [1.165, 1.54) is 0 Å². The zero-order chi connectivity index (χ0) is 14.2. The Hall–Kier alpha value is -2.62. The van der Waals surface area contributed by atoms with Gasteiger partial charge in [0.15, 0.2) is 0 Å². The lowest BCUT2D eigenvalue weighted by molar-refractivity contribution is 0.0526. The standard InChI is InChI=1S/C16H16N2O2/c1-2-20-16(19)13-8-10-15(11-9-13)18-12-17-14-6-4-3-5-7-14/h3-12H,2H2,1H3,(H,17,18). The minimum atomic E-state index is -0.314. The molecule has 0 saturated heterocycles. The summed E-state index contributed by atoms with van der Waals surface area (Å²) >= 11 is 0. The summed E-state index contributed by atoms with van der Waals surface area (Å²) in [6.07, 6.45) is 1.62. The van der Waals surface area contributed by atoms with Crippen molar-refractivity contribution in [3.8, 4) is 0 Å². The molecule has 0 aliphatic carbocycles. The molecule has 0 aliphatic rings. The van der Waals surface area contributed by atoms with Crippen molar-refractivity contribution in [2.45, 2.75) is 6.92 Å². The average Bonchev–Trinajstić information content (AvgIpc) is 2.49. The van der Waals surface area contributed by atoms with Crippen molar-refractivity contribution in [1.82, 2.24) is 0 Å². The number of carbonyl (C=O) groups is 1. The number of nitrogens with one attached hydrogen (secondary N) is 1. The number of hydrogen-bond acceptors (Lipinski definition) is 3. The van der Waals surface area contributed by atoms with Gasteiger partial charge in [-0.15, -0.1) is 0 Å². The number of esters is 1. The molecule has 0 atom stereocenters. The molecule has 102 valence electrons. The van der Waals surface area contributed by atoms with Crippen molar-refractivity contribution in [1.29, 1.82) is 0 Å². The Morgan fingerprint density at radius 3 is 2.50 bits per heavy atom.